The maximum atomic E-state index is 12.6. The largest absolute Gasteiger partial charge is 0.497 e. The Morgan fingerprint density at radius 3 is 2.62 bits per heavy atom. The number of hydrogen-bond acceptors (Lipinski definition) is 7. The van der Waals surface area contributed by atoms with Gasteiger partial charge in [-0.05, 0) is 30.2 Å². The molecule has 0 saturated heterocycles. The van der Waals surface area contributed by atoms with Crippen molar-refractivity contribution in [2.24, 2.45) is 5.92 Å². The van der Waals surface area contributed by atoms with Crippen molar-refractivity contribution < 1.29 is 19.1 Å². The van der Waals surface area contributed by atoms with Gasteiger partial charge in [-0.15, -0.1) is 11.3 Å². The Morgan fingerprint density at radius 2 is 1.97 bits per heavy atom. The standard InChI is InChI=1S/C20H21N3O5S/c1-12(2)17(22-18(25)13-4-6-15(27-3)7-5-13)19(26)28-11-14-10-16(24)23-8-9-29-20(23)21-14/h4-10,12,17H,11H2,1-3H3,(H,22,25)/t17-/m0/s1. The molecule has 152 valence electrons. The van der Waals surface area contributed by atoms with Crippen molar-refractivity contribution in [1.29, 1.82) is 0 Å². The van der Waals surface area contributed by atoms with Gasteiger partial charge in [0.1, 0.15) is 18.4 Å². The second-order valence-corrected chi connectivity index (χ2v) is 7.55. The Hall–Kier alpha value is -3.20. The van der Waals surface area contributed by atoms with Gasteiger partial charge in [-0.2, -0.15) is 0 Å². The minimum atomic E-state index is -0.837. The van der Waals surface area contributed by atoms with Gasteiger partial charge in [0, 0.05) is 23.2 Å². The number of nitrogens with one attached hydrogen (secondary N) is 1. The Morgan fingerprint density at radius 1 is 1.24 bits per heavy atom. The second-order valence-electron chi connectivity index (χ2n) is 6.67. The average Bonchev–Trinajstić information content (AvgIpc) is 3.19. The number of benzene rings is 1. The molecule has 9 heteroatoms. The molecule has 0 bridgehead atoms. The molecule has 0 spiro atoms. The number of nitrogens with zero attached hydrogens (tertiary/aromatic N) is 2. The lowest BCUT2D eigenvalue weighted by Gasteiger charge is -2.21. The molecule has 0 aliphatic carbocycles. The molecule has 3 rings (SSSR count). The van der Waals surface area contributed by atoms with Crippen LogP contribution in [0.2, 0.25) is 0 Å². The van der Waals surface area contributed by atoms with E-state index >= 15 is 0 Å². The van der Waals surface area contributed by atoms with Crippen molar-refractivity contribution in [1.82, 2.24) is 14.7 Å². The molecule has 0 aliphatic heterocycles. The van der Waals surface area contributed by atoms with E-state index in [1.807, 2.05) is 13.8 Å². The zero-order valence-electron chi connectivity index (χ0n) is 16.2. The molecular formula is C20H21N3O5S. The third-order valence-electron chi connectivity index (χ3n) is 4.28. The van der Waals surface area contributed by atoms with Gasteiger partial charge in [-0.1, -0.05) is 13.8 Å². The summed E-state index contributed by atoms with van der Waals surface area (Å²) < 4.78 is 11.8. The third kappa shape index (κ3) is 4.80. The fraction of sp³-hybridized carbons (Fsp3) is 0.300. The van der Waals surface area contributed by atoms with E-state index in [-0.39, 0.29) is 24.0 Å². The lowest BCUT2D eigenvalue weighted by atomic mass is 10.0. The summed E-state index contributed by atoms with van der Waals surface area (Å²) in [6, 6.07) is 7.06. The highest BCUT2D eigenvalue weighted by Crippen LogP contribution is 2.13. The zero-order chi connectivity index (χ0) is 21.0. The topological polar surface area (TPSA) is 99.0 Å². The lowest BCUT2D eigenvalue weighted by molar-refractivity contribution is -0.148. The lowest BCUT2D eigenvalue weighted by Crippen LogP contribution is -2.45. The van der Waals surface area contributed by atoms with Crippen LogP contribution in [-0.2, 0) is 16.1 Å². The summed E-state index contributed by atoms with van der Waals surface area (Å²) in [5, 5.41) is 4.46. The molecule has 0 unspecified atom stereocenters. The quantitative estimate of drug-likeness (QED) is 0.595. The minimum Gasteiger partial charge on any atom is -0.497 e. The molecule has 3 aromatic rings. The highest BCUT2D eigenvalue weighted by atomic mass is 32.1. The van der Waals surface area contributed by atoms with E-state index in [2.05, 4.69) is 10.3 Å². The van der Waals surface area contributed by atoms with Gasteiger partial charge >= 0.3 is 5.97 Å². The van der Waals surface area contributed by atoms with Gasteiger partial charge in [-0.25, -0.2) is 9.78 Å². The van der Waals surface area contributed by atoms with E-state index in [4.69, 9.17) is 9.47 Å². The van der Waals surface area contributed by atoms with Gasteiger partial charge in [0.2, 0.25) is 0 Å². The summed E-state index contributed by atoms with van der Waals surface area (Å²) in [7, 11) is 1.54. The monoisotopic (exact) mass is 415 g/mol. The molecule has 0 saturated carbocycles. The summed E-state index contributed by atoms with van der Waals surface area (Å²) in [5.74, 6) is -0.537. The van der Waals surface area contributed by atoms with Crippen LogP contribution in [0.5, 0.6) is 5.75 Å². The molecule has 8 nitrogen and oxygen atoms in total. The summed E-state index contributed by atoms with van der Waals surface area (Å²) in [6.07, 6.45) is 1.63. The van der Waals surface area contributed by atoms with Crippen LogP contribution in [0.4, 0.5) is 0 Å². The fourth-order valence-corrected chi connectivity index (χ4v) is 3.40. The van der Waals surface area contributed by atoms with Crippen LogP contribution in [0, 0.1) is 5.92 Å². The normalized spacial score (nSPS) is 12.0. The molecule has 29 heavy (non-hydrogen) atoms. The smallest absolute Gasteiger partial charge is 0.329 e. The number of thiazole rings is 1. The summed E-state index contributed by atoms with van der Waals surface area (Å²) in [4.78, 5) is 41.9. The Balaban J connectivity index is 1.66. The second kappa shape index (κ2) is 8.87. The first kappa shape index (κ1) is 20.5. The number of carbonyl (C=O) groups excluding carboxylic acids is 2. The number of amides is 1. The van der Waals surface area contributed by atoms with Crippen molar-refractivity contribution >= 4 is 28.2 Å². The maximum absolute atomic E-state index is 12.6. The number of hydrogen-bond donors (Lipinski definition) is 1. The van der Waals surface area contributed by atoms with Crippen molar-refractivity contribution in [2.45, 2.75) is 26.5 Å². The maximum Gasteiger partial charge on any atom is 0.329 e. The van der Waals surface area contributed by atoms with Gasteiger partial charge in [0.15, 0.2) is 4.96 Å². The molecule has 0 aliphatic rings. The molecule has 1 N–H and O–H groups in total. The summed E-state index contributed by atoms with van der Waals surface area (Å²) in [5.41, 5.74) is 0.521. The minimum absolute atomic E-state index is 0.149. The predicted molar refractivity (Wildman–Crippen MR) is 108 cm³/mol. The Kier molecular flexibility index (Phi) is 6.28. The number of methoxy groups -OCH3 is 1. The first-order valence-electron chi connectivity index (χ1n) is 8.96. The van der Waals surface area contributed by atoms with Crippen LogP contribution in [0.25, 0.3) is 4.96 Å². The number of carbonyl (C=O) groups is 2. The van der Waals surface area contributed by atoms with E-state index in [0.717, 1.165) is 0 Å². The molecule has 2 aromatic heterocycles. The van der Waals surface area contributed by atoms with Crippen LogP contribution >= 0.6 is 11.3 Å². The SMILES string of the molecule is COc1ccc(C(=O)N[C@H](C(=O)OCc2cc(=O)n3ccsc3n2)C(C)C)cc1. The van der Waals surface area contributed by atoms with Gasteiger partial charge in [0.25, 0.3) is 11.5 Å². The van der Waals surface area contributed by atoms with Crippen molar-refractivity contribution in [3.63, 3.8) is 0 Å². The Labute approximate surface area is 171 Å². The molecule has 2 heterocycles. The first-order valence-corrected chi connectivity index (χ1v) is 9.84. The first-order chi connectivity index (χ1) is 13.9. The number of fused-ring (bicyclic) bond motifs is 1. The summed E-state index contributed by atoms with van der Waals surface area (Å²) >= 11 is 1.32. The van der Waals surface area contributed by atoms with Crippen molar-refractivity contribution in [3.8, 4) is 5.75 Å². The summed E-state index contributed by atoms with van der Waals surface area (Å²) in [6.45, 7) is 3.47. The third-order valence-corrected chi connectivity index (χ3v) is 5.03. The van der Waals surface area contributed by atoms with Crippen molar-refractivity contribution in [2.75, 3.05) is 7.11 Å². The number of ether oxygens (including phenoxy) is 2. The van der Waals surface area contributed by atoms with Gasteiger partial charge in [-0.3, -0.25) is 14.0 Å². The van der Waals surface area contributed by atoms with Crippen LogP contribution in [0.15, 0.2) is 46.7 Å². The van der Waals surface area contributed by atoms with E-state index in [9.17, 15) is 14.4 Å². The Bertz CT molecular complexity index is 1070. The van der Waals surface area contributed by atoms with Crippen LogP contribution in [0.3, 0.4) is 0 Å². The van der Waals surface area contributed by atoms with Crippen LogP contribution < -0.4 is 15.6 Å². The number of rotatable bonds is 7. The molecular weight excluding hydrogens is 394 g/mol. The molecule has 1 aromatic carbocycles. The zero-order valence-corrected chi connectivity index (χ0v) is 17.1. The predicted octanol–water partition coefficient (Wildman–Crippen LogP) is 2.26. The van der Waals surface area contributed by atoms with E-state index in [1.54, 1.807) is 43.0 Å². The molecule has 0 radical (unpaired) electrons. The fourth-order valence-electron chi connectivity index (χ4n) is 2.66. The van der Waals surface area contributed by atoms with E-state index < -0.39 is 12.0 Å². The average molecular weight is 415 g/mol. The van der Waals surface area contributed by atoms with E-state index in [1.165, 1.54) is 21.8 Å². The van der Waals surface area contributed by atoms with Crippen LogP contribution in [0.1, 0.15) is 29.9 Å². The van der Waals surface area contributed by atoms with Crippen molar-refractivity contribution in [3.05, 3.63) is 63.5 Å². The molecule has 0 fully saturated rings. The van der Waals surface area contributed by atoms with Gasteiger partial charge in [0.05, 0.1) is 12.8 Å². The molecule has 1 atom stereocenters. The molecule has 1 amide bonds. The number of aromatic nitrogens is 2. The van der Waals surface area contributed by atoms with E-state index in [0.29, 0.717) is 22.0 Å². The van der Waals surface area contributed by atoms with Crippen LogP contribution in [-0.4, -0.2) is 34.4 Å². The van der Waals surface area contributed by atoms with Gasteiger partial charge < -0.3 is 14.8 Å². The number of esters is 1. The highest BCUT2D eigenvalue weighted by molar-refractivity contribution is 7.15. The highest BCUT2D eigenvalue weighted by Gasteiger charge is 2.26.